The molecule has 0 saturated heterocycles. The van der Waals surface area contributed by atoms with E-state index in [1.54, 1.807) is 0 Å². The lowest BCUT2D eigenvalue weighted by atomic mass is 10.1. The van der Waals surface area contributed by atoms with Gasteiger partial charge in [0.25, 0.3) is 0 Å². The Hall–Kier alpha value is -0.690. The second-order valence-electron chi connectivity index (χ2n) is 3.80. The van der Waals surface area contributed by atoms with Crippen LogP contribution in [0.1, 0.15) is 37.3 Å². The average Bonchev–Trinajstić information content (AvgIpc) is 2.26. The van der Waals surface area contributed by atoms with E-state index >= 15 is 0 Å². The normalized spacial score (nSPS) is 10.3. The largest absolute Gasteiger partial charge is 0.493 e. The summed E-state index contributed by atoms with van der Waals surface area (Å²) >= 11 is 5.86. The molecule has 15 heavy (non-hydrogen) atoms. The van der Waals surface area contributed by atoms with E-state index in [2.05, 4.69) is 26.0 Å². The van der Waals surface area contributed by atoms with Gasteiger partial charge in [0.05, 0.1) is 12.5 Å². The first-order chi connectivity index (χ1) is 7.27. The molecule has 0 N–H and O–H groups in total. The van der Waals surface area contributed by atoms with Crippen LogP contribution in [0, 0.1) is 6.92 Å². The highest BCUT2D eigenvalue weighted by Gasteiger charge is 2.02. The molecule has 0 amide bonds. The second kappa shape index (κ2) is 6.73. The van der Waals surface area contributed by atoms with Crippen LogP contribution < -0.4 is 4.74 Å². The first-order valence-electron chi connectivity index (χ1n) is 5.56. The summed E-state index contributed by atoms with van der Waals surface area (Å²) in [7, 11) is 0. The molecule has 0 aromatic heterocycles. The number of benzene rings is 1. The van der Waals surface area contributed by atoms with Crippen LogP contribution in [-0.2, 0) is 5.88 Å². The van der Waals surface area contributed by atoms with Gasteiger partial charge in [-0.3, -0.25) is 0 Å². The Morgan fingerprint density at radius 3 is 2.73 bits per heavy atom. The van der Waals surface area contributed by atoms with E-state index in [1.165, 1.54) is 18.4 Å². The van der Waals surface area contributed by atoms with Crippen molar-refractivity contribution in [3.8, 4) is 5.75 Å². The lowest BCUT2D eigenvalue weighted by Crippen LogP contribution is -1.99. The van der Waals surface area contributed by atoms with E-state index in [0.717, 1.165) is 24.3 Å². The molecule has 0 atom stereocenters. The van der Waals surface area contributed by atoms with Gasteiger partial charge >= 0.3 is 0 Å². The van der Waals surface area contributed by atoms with Gasteiger partial charge < -0.3 is 4.74 Å². The SMILES string of the molecule is CCCCCOc1ccc(C)cc1CCl. The predicted octanol–water partition coefficient (Wildman–Crippen LogP) is 4.30. The fraction of sp³-hybridized carbons (Fsp3) is 0.538. The zero-order chi connectivity index (χ0) is 11.1. The van der Waals surface area contributed by atoms with Crippen molar-refractivity contribution in [3.63, 3.8) is 0 Å². The zero-order valence-electron chi connectivity index (χ0n) is 9.55. The monoisotopic (exact) mass is 226 g/mol. The minimum absolute atomic E-state index is 0.519. The highest BCUT2D eigenvalue weighted by Crippen LogP contribution is 2.22. The summed E-state index contributed by atoms with van der Waals surface area (Å²) in [5, 5.41) is 0. The number of ether oxygens (including phenoxy) is 1. The summed E-state index contributed by atoms with van der Waals surface area (Å²) in [4.78, 5) is 0. The third kappa shape index (κ3) is 4.13. The maximum Gasteiger partial charge on any atom is 0.123 e. The van der Waals surface area contributed by atoms with Crippen molar-refractivity contribution in [2.75, 3.05) is 6.61 Å². The molecule has 0 aliphatic heterocycles. The number of halogens is 1. The topological polar surface area (TPSA) is 9.23 Å². The summed E-state index contributed by atoms with van der Waals surface area (Å²) in [6.07, 6.45) is 3.56. The lowest BCUT2D eigenvalue weighted by molar-refractivity contribution is 0.304. The summed E-state index contributed by atoms with van der Waals surface area (Å²) in [5.41, 5.74) is 2.32. The molecule has 0 aliphatic carbocycles. The summed E-state index contributed by atoms with van der Waals surface area (Å²) in [6, 6.07) is 6.16. The first-order valence-corrected chi connectivity index (χ1v) is 6.09. The molecule has 0 spiro atoms. The number of hydrogen-bond donors (Lipinski definition) is 0. The maximum absolute atomic E-state index is 5.86. The molecular formula is C13H19ClO. The van der Waals surface area contributed by atoms with Crippen molar-refractivity contribution >= 4 is 11.6 Å². The maximum atomic E-state index is 5.86. The summed E-state index contributed by atoms with van der Waals surface area (Å²) in [5.74, 6) is 1.46. The van der Waals surface area contributed by atoms with Gasteiger partial charge in [0.15, 0.2) is 0 Å². The third-order valence-electron chi connectivity index (χ3n) is 2.37. The fourth-order valence-corrected chi connectivity index (χ4v) is 1.70. The molecule has 0 bridgehead atoms. The predicted molar refractivity (Wildman–Crippen MR) is 65.8 cm³/mol. The molecule has 0 saturated carbocycles. The Balaban J connectivity index is 2.52. The molecular weight excluding hydrogens is 208 g/mol. The van der Waals surface area contributed by atoms with Gasteiger partial charge in [-0.15, -0.1) is 11.6 Å². The molecule has 1 aromatic rings. The Kier molecular flexibility index (Phi) is 5.56. The minimum Gasteiger partial charge on any atom is -0.493 e. The highest BCUT2D eigenvalue weighted by atomic mass is 35.5. The van der Waals surface area contributed by atoms with Gasteiger partial charge in [0, 0.05) is 5.56 Å². The molecule has 0 radical (unpaired) electrons. The average molecular weight is 227 g/mol. The lowest BCUT2D eigenvalue weighted by Gasteiger charge is -2.10. The Bertz CT molecular complexity index is 297. The van der Waals surface area contributed by atoms with Crippen molar-refractivity contribution in [3.05, 3.63) is 29.3 Å². The molecule has 1 nitrogen and oxygen atoms in total. The molecule has 2 heteroatoms. The van der Waals surface area contributed by atoms with Crippen LogP contribution in [0.5, 0.6) is 5.75 Å². The number of rotatable bonds is 6. The third-order valence-corrected chi connectivity index (χ3v) is 2.65. The van der Waals surface area contributed by atoms with E-state index in [0.29, 0.717) is 5.88 Å². The molecule has 0 fully saturated rings. The number of unbranched alkanes of at least 4 members (excludes halogenated alkanes) is 2. The van der Waals surface area contributed by atoms with Crippen LogP contribution in [-0.4, -0.2) is 6.61 Å². The molecule has 1 rings (SSSR count). The van der Waals surface area contributed by atoms with Crippen molar-refractivity contribution in [2.24, 2.45) is 0 Å². The van der Waals surface area contributed by atoms with E-state index in [-0.39, 0.29) is 0 Å². The van der Waals surface area contributed by atoms with E-state index < -0.39 is 0 Å². The summed E-state index contributed by atoms with van der Waals surface area (Å²) < 4.78 is 5.70. The van der Waals surface area contributed by atoms with Gasteiger partial charge in [-0.05, 0) is 19.4 Å². The standard InChI is InChI=1S/C13H19ClO/c1-3-4-5-8-15-13-7-6-11(2)9-12(13)10-14/h6-7,9H,3-5,8,10H2,1-2H3. The van der Waals surface area contributed by atoms with Crippen LogP contribution in [0.3, 0.4) is 0 Å². The number of aryl methyl sites for hydroxylation is 1. The van der Waals surface area contributed by atoms with E-state index in [1.807, 2.05) is 6.07 Å². The van der Waals surface area contributed by atoms with Crippen LogP contribution in [0.2, 0.25) is 0 Å². The molecule has 0 unspecified atom stereocenters. The number of hydrogen-bond acceptors (Lipinski definition) is 1. The molecule has 0 heterocycles. The van der Waals surface area contributed by atoms with Gasteiger partial charge in [-0.25, -0.2) is 0 Å². The van der Waals surface area contributed by atoms with Gasteiger partial charge in [-0.1, -0.05) is 37.5 Å². The highest BCUT2D eigenvalue weighted by molar-refractivity contribution is 6.17. The Morgan fingerprint density at radius 2 is 2.07 bits per heavy atom. The number of alkyl halides is 1. The Labute approximate surface area is 97.4 Å². The van der Waals surface area contributed by atoms with Crippen molar-refractivity contribution in [2.45, 2.75) is 39.0 Å². The Morgan fingerprint density at radius 1 is 1.27 bits per heavy atom. The smallest absolute Gasteiger partial charge is 0.123 e. The second-order valence-corrected chi connectivity index (χ2v) is 4.07. The summed E-state index contributed by atoms with van der Waals surface area (Å²) in [6.45, 7) is 5.05. The van der Waals surface area contributed by atoms with Gasteiger partial charge in [0.2, 0.25) is 0 Å². The van der Waals surface area contributed by atoms with Crippen molar-refractivity contribution in [1.82, 2.24) is 0 Å². The fourth-order valence-electron chi connectivity index (χ4n) is 1.49. The first kappa shape index (κ1) is 12.4. The van der Waals surface area contributed by atoms with Crippen molar-refractivity contribution < 1.29 is 4.74 Å². The zero-order valence-corrected chi connectivity index (χ0v) is 10.3. The van der Waals surface area contributed by atoms with Crippen molar-refractivity contribution in [1.29, 1.82) is 0 Å². The molecule has 0 aliphatic rings. The minimum atomic E-state index is 0.519. The van der Waals surface area contributed by atoms with Crippen LogP contribution in [0.4, 0.5) is 0 Å². The van der Waals surface area contributed by atoms with Crippen LogP contribution in [0.25, 0.3) is 0 Å². The van der Waals surface area contributed by atoms with Gasteiger partial charge in [0.1, 0.15) is 5.75 Å². The van der Waals surface area contributed by atoms with E-state index in [9.17, 15) is 0 Å². The van der Waals surface area contributed by atoms with Gasteiger partial charge in [-0.2, -0.15) is 0 Å². The van der Waals surface area contributed by atoms with Crippen LogP contribution >= 0.6 is 11.6 Å². The van der Waals surface area contributed by atoms with E-state index in [4.69, 9.17) is 16.3 Å². The van der Waals surface area contributed by atoms with Crippen LogP contribution in [0.15, 0.2) is 18.2 Å². The molecule has 84 valence electrons. The molecule has 1 aromatic carbocycles. The quantitative estimate of drug-likeness (QED) is 0.519.